The van der Waals surface area contributed by atoms with Crippen LogP contribution < -0.4 is 5.32 Å². The molecule has 2 aromatic carbocycles. The Morgan fingerprint density at radius 2 is 1.78 bits per heavy atom. The van der Waals surface area contributed by atoms with Crippen LogP contribution >= 0.6 is 11.8 Å². The number of carbonyl (C=O) groups is 2. The number of non-ortho nitro benzene ring substituents is 1. The van der Waals surface area contributed by atoms with Gasteiger partial charge in [0.05, 0.1) is 10.7 Å². The van der Waals surface area contributed by atoms with Crippen molar-refractivity contribution < 1.29 is 19.2 Å². The van der Waals surface area contributed by atoms with Gasteiger partial charge in [-0.3, -0.25) is 19.7 Å². The van der Waals surface area contributed by atoms with E-state index in [9.17, 15) is 19.7 Å². The van der Waals surface area contributed by atoms with Gasteiger partial charge in [-0.05, 0) is 43.2 Å². The minimum atomic E-state index is -0.930. The fourth-order valence-electron chi connectivity index (χ4n) is 2.16. The predicted molar refractivity (Wildman–Crippen MR) is 104 cm³/mol. The van der Waals surface area contributed by atoms with Crippen LogP contribution in [0.3, 0.4) is 0 Å². The number of carbonyl (C=O) groups excluding carboxylic acids is 2. The van der Waals surface area contributed by atoms with Crippen molar-refractivity contribution in [3.63, 3.8) is 0 Å². The third-order valence-electron chi connectivity index (χ3n) is 3.71. The topological polar surface area (TPSA) is 98.5 Å². The van der Waals surface area contributed by atoms with Gasteiger partial charge in [0.25, 0.3) is 11.6 Å². The van der Waals surface area contributed by atoms with Gasteiger partial charge >= 0.3 is 5.97 Å². The highest BCUT2D eigenvalue weighted by molar-refractivity contribution is 8.00. The molecule has 0 aliphatic rings. The number of nitro groups is 1. The molecule has 0 radical (unpaired) electrons. The Bertz CT molecular complexity index is 806. The minimum Gasteiger partial charge on any atom is -0.452 e. The van der Waals surface area contributed by atoms with E-state index in [1.807, 2.05) is 19.1 Å². The minimum absolute atomic E-state index is 0.000623. The number of hydrogen-bond acceptors (Lipinski definition) is 6. The Morgan fingerprint density at radius 1 is 1.15 bits per heavy atom. The van der Waals surface area contributed by atoms with Crippen LogP contribution in [-0.2, 0) is 20.7 Å². The van der Waals surface area contributed by atoms with Crippen LogP contribution in [0, 0.1) is 10.1 Å². The third kappa shape index (κ3) is 6.41. The molecule has 0 aliphatic carbocycles. The lowest BCUT2D eigenvalue weighted by atomic mass is 10.1. The number of amides is 1. The lowest BCUT2D eigenvalue weighted by molar-refractivity contribution is -0.384. The Kier molecular flexibility index (Phi) is 7.36. The van der Waals surface area contributed by atoms with E-state index in [1.165, 1.54) is 30.8 Å². The summed E-state index contributed by atoms with van der Waals surface area (Å²) in [5, 5.41) is 13.3. The second-order valence-corrected chi connectivity index (χ2v) is 6.76. The summed E-state index contributed by atoms with van der Waals surface area (Å²) in [6, 6.07) is 13.3. The molecule has 0 saturated heterocycles. The maximum atomic E-state index is 12.1. The van der Waals surface area contributed by atoms with Crippen molar-refractivity contribution in [3.8, 4) is 0 Å². The van der Waals surface area contributed by atoms with Gasteiger partial charge < -0.3 is 10.1 Å². The Labute approximate surface area is 161 Å². The molecule has 0 aliphatic heterocycles. The highest BCUT2D eigenvalue weighted by Crippen LogP contribution is 2.21. The molecule has 0 spiro atoms. The molecule has 1 N–H and O–H groups in total. The zero-order chi connectivity index (χ0) is 19.8. The van der Waals surface area contributed by atoms with Crippen molar-refractivity contribution in [2.75, 3.05) is 11.1 Å². The van der Waals surface area contributed by atoms with Gasteiger partial charge in [0.2, 0.25) is 0 Å². The molecule has 0 heterocycles. The van der Waals surface area contributed by atoms with E-state index in [4.69, 9.17) is 4.74 Å². The normalized spacial score (nSPS) is 11.5. The van der Waals surface area contributed by atoms with Gasteiger partial charge in [0.15, 0.2) is 6.10 Å². The molecule has 0 bridgehead atoms. The number of hydrogen-bond donors (Lipinski definition) is 1. The van der Waals surface area contributed by atoms with E-state index < -0.39 is 22.9 Å². The Hall–Kier alpha value is -2.87. The van der Waals surface area contributed by atoms with Crippen molar-refractivity contribution in [1.29, 1.82) is 0 Å². The average Bonchev–Trinajstić information content (AvgIpc) is 2.67. The number of nitrogens with zero attached hydrogens (tertiary/aromatic N) is 1. The van der Waals surface area contributed by atoms with Gasteiger partial charge in [-0.2, -0.15) is 0 Å². The first-order valence-electron chi connectivity index (χ1n) is 8.35. The summed E-state index contributed by atoms with van der Waals surface area (Å²) >= 11 is 1.18. The molecule has 2 rings (SSSR count). The number of benzene rings is 2. The number of thioether (sulfide) groups is 1. The number of nitro benzene ring substituents is 1. The first-order chi connectivity index (χ1) is 12.9. The zero-order valence-corrected chi connectivity index (χ0v) is 15.8. The monoisotopic (exact) mass is 388 g/mol. The summed E-state index contributed by atoms with van der Waals surface area (Å²) in [5.74, 6) is -0.948. The standard InChI is InChI=1S/C19H20N2O5S/c1-3-14-4-6-15(7-5-14)20-19(23)13(2)26-18(22)12-27-17-10-8-16(9-11-17)21(24)25/h4-11,13H,3,12H2,1-2H3,(H,20,23)/t13-/m1/s1. The summed E-state index contributed by atoms with van der Waals surface area (Å²) in [5.41, 5.74) is 1.79. The van der Waals surface area contributed by atoms with Gasteiger partial charge in [0, 0.05) is 22.7 Å². The number of anilines is 1. The maximum absolute atomic E-state index is 12.1. The van der Waals surface area contributed by atoms with Crippen LogP contribution in [0.4, 0.5) is 11.4 Å². The number of aryl methyl sites for hydroxylation is 1. The van der Waals surface area contributed by atoms with E-state index in [0.29, 0.717) is 10.6 Å². The van der Waals surface area contributed by atoms with Crippen LogP contribution in [0.5, 0.6) is 0 Å². The smallest absolute Gasteiger partial charge is 0.317 e. The van der Waals surface area contributed by atoms with E-state index in [2.05, 4.69) is 5.32 Å². The number of esters is 1. The molecule has 0 unspecified atom stereocenters. The first kappa shape index (κ1) is 20.4. The van der Waals surface area contributed by atoms with Gasteiger partial charge in [-0.1, -0.05) is 19.1 Å². The molecule has 1 amide bonds. The number of nitrogens with one attached hydrogen (secondary N) is 1. The Balaban J connectivity index is 1.79. The second kappa shape index (κ2) is 9.72. The summed E-state index contributed by atoms with van der Waals surface area (Å²) in [7, 11) is 0. The molecule has 8 heteroatoms. The van der Waals surface area contributed by atoms with Crippen molar-refractivity contribution in [3.05, 3.63) is 64.2 Å². The predicted octanol–water partition coefficient (Wildman–Crippen LogP) is 3.82. The van der Waals surface area contributed by atoms with Crippen LogP contribution in [0.15, 0.2) is 53.4 Å². The largest absolute Gasteiger partial charge is 0.452 e. The van der Waals surface area contributed by atoms with Crippen molar-refractivity contribution >= 4 is 35.0 Å². The number of rotatable bonds is 8. The van der Waals surface area contributed by atoms with Crippen LogP contribution in [-0.4, -0.2) is 28.7 Å². The molecule has 7 nitrogen and oxygen atoms in total. The summed E-state index contributed by atoms with van der Waals surface area (Å²) < 4.78 is 5.13. The summed E-state index contributed by atoms with van der Waals surface area (Å²) in [4.78, 5) is 34.9. The lowest BCUT2D eigenvalue weighted by Gasteiger charge is -2.13. The first-order valence-corrected chi connectivity index (χ1v) is 9.34. The molecule has 0 aromatic heterocycles. The molecular weight excluding hydrogens is 368 g/mol. The summed E-state index contributed by atoms with van der Waals surface area (Å²) in [6.45, 7) is 3.55. The maximum Gasteiger partial charge on any atom is 0.317 e. The van der Waals surface area contributed by atoms with Crippen LogP contribution in [0.1, 0.15) is 19.4 Å². The molecular formula is C19H20N2O5S. The SMILES string of the molecule is CCc1ccc(NC(=O)[C@@H](C)OC(=O)CSc2ccc([N+](=O)[O-])cc2)cc1. The fraction of sp³-hybridized carbons (Fsp3) is 0.263. The van der Waals surface area contributed by atoms with Crippen molar-refractivity contribution in [1.82, 2.24) is 0 Å². The van der Waals surface area contributed by atoms with Gasteiger partial charge in [-0.25, -0.2) is 0 Å². The molecule has 27 heavy (non-hydrogen) atoms. The molecule has 142 valence electrons. The highest BCUT2D eigenvalue weighted by Gasteiger charge is 2.18. The Morgan fingerprint density at radius 3 is 2.33 bits per heavy atom. The van der Waals surface area contributed by atoms with E-state index in [1.54, 1.807) is 24.3 Å². The van der Waals surface area contributed by atoms with Gasteiger partial charge in [0.1, 0.15) is 0 Å². The fourth-order valence-corrected chi connectivity index (χ4v) is 2.84. The van der Waals surface area contributed by atoms with Crippen molar-refractivity contribution in [2.45, 2.75) is 31.3 Å². The second-order valence-electron chi connectivity index (χ2n) is 5.71. The van der Waals surface area contributed by atoms with Crippen LogP contribution in [0.25, 0.3) is 0 Å². The summed E-state index contributed by atoms with van der Waals surface area (Å²) in [6.07, 6.45) is -0.0184. The average molecular weight is 388 g/mol. The van der Waals surface area contributed by atoms with Crippen LogP contribution in [0.2, 0.25) is 0 Å². The van der Waals surface area contributed by atoms with E-state index in [0.717, 1.165) is 12.0 Å². The third-order valence-corrected chi connectivity index (χ3v) is 4.70. The number of ether oxygens (including phenoxy) is 1. The molecule has 0 saturated carbocycles. The molecule has 2 aromatic rings. The van der Waals surface area contributed by atoms with Gasteiger partial charge in [-0.15, -0.1) is 11.8 Å². The lowest BCUT2D eigenvalue weighted by Crippen LogP contribution is -2.30. The highest BCUT2D eigenvalue weighted by atomic mass is 32.2. The van der Waals surface area contributed by atoms with Crippen molar-refractivity contribution in [2.24, 2.45) is 0 Å². The van der Waals surface area contributed by atoms with E-state index in [-0.39, 0.29) is 11.4 Å². The zero-order valence-electron chi connectivity index (χ0n) is 15.0. The van der Waals surface area contributed by atoms with E-state index >= 15 is 0 Å². The molecule has 0 fully saturated rings. The quantitative estimate of drug-likeness (QED) is 0.319. The molecule has 1 atom stereocenters.